The molecule has 2 aromatic heterocycles. The van der Waals surface area contributed by atoms with Gasteiger partial charge in [0, 0.05) is 23.9 Å². The lowest BCUT2D eigenvalue weighted by molar-refractivity contribution is 0.262. The summed E-state index contributed by atoms with van der Waals surface area (Å²) in [6.07, 6.45) is 3.24. The van der Waals surface area contributed by atoms with Crippen LogP contribution in [0.3, 0.4) is 0 Å². The second-order valence-electron chi connectivity index (χ2n) is 5.99. The molecule has 1 fully saturated rings. The monoisotopic (exact) mass is 325 g/mol. The summed E-state index contributed by atoms with van der Waals surface area (Å²) < 4.78 is 0. The number of hydrogen-bond donors (Lipinski definition) is 1. The van der Waals surface area contributed by atoms with Gasteiger partial charge in [-0.1, -0.05) is 18.2 Å². The van der Waals surface area contributed by atoms with Crippen LogP contribution in [0, 0.1) is 0 Å². The van der Waals surface area contributed by atoms with E-state index in [4.69, 9.17) is 0 Å². The number of nitrogens with zero attached hydrogens (tertiary/aromatic N) is 2. The van der Waals surface area contributed by atoms with Crippen molar-refractivity contribution in [3.05, 3.63) is 62.8 Å². The summed E-state index contributed by atoms with van der Waals surface area (Å²) in [4.78, 5) is 23.6. The van der Waals surface area contributed by atoms with Crippen molar-refractivity contribution in [2.75, 3.05) is 13.1 Å². The highest BCUT2D eigenvalue weighted by molar-refractivity contribution is 7.10. The van der Waals surface area contributed by atoms with Crippen LogP contribution >= 0.6 is 11.3 Å². The molecule has 0 bridgehead atoms. The normalized spacial score (nSPS) is 18.7. The van der Waals surface area contributed by atoms with Crippen molar-refractivity contribution in [2.24, 2.45) is 0 Å². The van der Waals surface area contributed by atoms with Gasteiger partial charge >= 0.3 is 0 Å². The van der Waals surface area contributed by atoms with E-state index in [9.17, 15) is 4.79 Å². The lowest BCUT2D eigenvalue weighted by atomic mass is 10.2. The number of hydrogen-bond acceptors (Lipinski definition) is 4. The van der Waals surface area contributed by atoms with Gasteiger partial charge in [-0.05, 0) is 43.0 Å². The molecule has 3 aromatic rings. The number of rotatable bonds is 4. The maximum atomic E-state index is 12.1. The Kier molecular flexibility index (Phi) is 3.97. The van der Waals surface area contributed by atoms with E-state index >= 15 is 0 Å². The SMILES string of the molecule is O=c1[nH]c(CCN2CCCC2c2cccs2)nc2ccccc12. The van der Waals surface area contributed by atoms with Crippen LogP contribution in [0.15, 0.2) is 46.6 Å². The number of fused-ring (bicyclic) bond motifs is 1. The molecule has 1 aliphatic rings. The van der Waals surface area contributed by atoms with Crippen molar-refractivity contribution < 1.29 is 0 Å². The molecule has 0 spiro atoms. The van der Waals surface area contributed by atoms with Gasteiger partial charge in [-0.3, -0.25) is 9.69 Å². The summed E-state index contributed by atoms with van der Waals surface area (Å²) in [6, 6.07) is 12.4. The van der Waals surface area contributed by atoms with Crippen molar-refractivity contribution >= 4 is 22.2 Å². The summed E-state index contributed by atoms with van der Waals surface area (Å²) in [5.41, 5.74) is 0.740. The van der Waals surface area contributed by atoms with Gasteiger partial charge in [0.15, 0.2) is 0 Å². The third-order valence-corrected chi connectivity index (χ3v) is 5.51. The Morgan fingerprint density at radius 3 is 3.04 bits per heavy atom. The van der Waals surface area contributed by atoms with Crippen LogP contribution in [0.25, 0.3) is 10.9 Å². The molecule has 23 heavy (non-hydrogen) atoms. The van der Waals surface area contributed by atoms with Gasteiger partial charge in [0.2, 0.25) is 0 Å². The van der Waals surface area contributed by atoms with Crippen LogP contribution in [0.5, 0.6) is 0 Å². The first-order chi connectivity index (χ1) is 11.3. The molecule has 0 amide bonds. The molecule has 4 nitrogen and oxygen atoms in total. The lowest BCUT2D eigenvalue weighted by Crippen LogP contribution is -2.26. The minimum absolute atomic E-state index is 0.0400. The molecular formula is C18H19N3OS. The molecule has 118 valence electrons. The summed E-state index contributed by atoms with van der Waals surface area (Å²) in [5.74, 6) is 0.783. The van der Waals surface area contributed by atoms with Crippen LogP contribution in [0.1, 0.15) is 29.6 Å². The molecule has 1 aliphatic heterocycles. The van der Waals surface area contributed by atoms with E-state index in [1.54, 1.807) is 0 Å². The van der Waals surface area contributed by atoms with Crippen LogP contribution in [0.2, 0.25) is 0 Å². The van der Waals surface area contributed by atoms with Crippen molar-refractivity contribution in [3.8, 4) is 0 Å². The van der Waals surface area contributed by atoms with Gasteiger partial charge < -0.3 is 4.98 Å². The van der Waals surface area contributed by atoms with Crippen molar-refractivity contribution in [3.63, 3.8) is 0 Å². The number of aromatic nitrogens is 2. The Morgan fingerprint density at radius 2 is 2.17 bits per heavy atom. The zero-order valence-corrected chi connectivity index (χ0v) is 13.7. The average molecular weight is 325 g/mol. The molecule has 1 saturated heterocycles. The van der Waals surface area contributed by atoms with Gasteiger partial charge in [-0.2, -0.15) is 0 Å². The Balaban J connectivity index is 1.51. The quantitative estimate of drug-likeness (QED) is 0.800. The van der Waals surface area contributed by atoms with Crippen LogP contribution < -0.4 is 5.56 Å². The third kappa shape index (κ3) is 2.94. The predicted octanol–water partition coefficient (Wildman–Crippen LogP) is 3.36. The largest absolute Gasteiger partial charge is 0.310 e. The maximum Gasteiger partial charge on any atom is 0.258 e. The minimum Gasteiger partial charge on any atom is -0.310 e. The smallest absolute Gasteiger partial charge is 0.258 e. The van der Waals surface area contributed by atoms with Crippen LogP contribution in [0.4, 0.5) is 0 Å². The first-order valence-electron chi connectivity index (χ1n) is 8.06. The molecule has 1 atom stereocenters. The van der Waals surface area contributed by atoms with Gasteiger partial charge in [-0.25, -0.2) is 4.98 Å². The third-order valence-electron chi connectivity index (χ3n) is 4.53. The summed E-state index contributed by atoms with van der Waals surface area (Å²) in [7, 11) is 0. The molecule has 0 saturated carbocycles. The highest BCUT2D eigenvalue weighted by Crippen LogP contribution is 2.34. The van der Waals surface area contributed by atoms with Gasteiger partial charge in [-0.15, -0.1) is 11.3 Å². The number of aromatic amines is 1. The van der Waals surface area contributed by atoms with E-state index < -0.39 is 0 Å². The Morgan fingerprint density at radius 1 is 1.26 bits per heavy atom. The minimum atomic E-state index is -0.0400. The van der Waals surface area contributed by atoms with E-state index in [2.05, 4.69) is 32.4 Å². The van der Waals surface area contributed by atoms with Gasteiger partial charge in [0.05, 0.1) is 10.9 Å². The van der Waals surface area contributed by atoms with E-state index in [1.807, 2.05) is 35.6 Å². The maximum absolute atomic E-state index is 12.1. The number of likely N-dealkylation sites (tertiary alicyclic amines) is 1. The Hall–Kier alpha value is -1.98. The molecule has 1 N–H and O–H groups in total. The van der Waals surface area contributed by atoms with Crippen molar-refractivity contribution in [1.29, 1.82) is 0 Å². The molecule has 1 unspecified atom stereocenters. The molecule has 4 rings (SSSR count). The molecule has 1 aromatic carbocycles. The topological polar surface area (TPSA) is 49.0 Å². The average Bonchev–Trinajstić information content (AvgIpc) is 3.24. The number of para-hydroxylation sites is 1. The number of benzene rings is 1. The standard InChI is InChI=1S/C18H19N3OS/c22-18-13-5-1-2-6-14(13)19-17(20-18)9-11-21-10-3-7-15(21)16-8-4-12-23-16/h1-2,4-6,8,12,15H,3,7,9-11H2,(H,19,20,22). The second kappa shape index (κ2) is 6.26. The van der Waals surface area contributed by atoms with Crippen molar-refractivity contribution in [1.82, 2.24) is 14.9 Å². The number of thiophene rings is 1. The first-order valence-corrected chi connectivity index (χ1v) is 8.94. The fraction of sp³-hybridized carbons (Fsp3) is 0.333. The summed E-state index contributed by atoms with van der Waals surface area (Å²) >= 11 is 1.83. The van der Waals surface area contributed by atoms with Crippen LogP contribution in [-0.4, -0.2) is 28.0 Å². The van der Waals surface area contributed by atoms with Crippen LogP contribution in [-0.2, 0) is 6.42 Å². The zero-order valence-electron chi connectivity index (χ0n) is 12.9. The molecule has 0 radical (unpaired) electrons. The number of nitrogens with one attached hydrogen (secondary N) is 1. The molecular weight excluding hydrogens is 306 g/mol. The Labute approximate surface area is 138 Å². The predicted molar refractivity (Wildman–Crippen MR) is 93.9 cm³/mol. The van der Waals surface area contributed by atoms with Crippen molar-refractivity contribution in [2.45, 2.75) is 25.3 Å². The highest BCUT2D eigenvalue weighted by Gasteiger charge is 2.26. The van der Waals surface area contributed by atoms with E-state index in [0.29, 0.717) is 11.4 Å². The highest BCUT2D eigenvalue weighted by atomic mass is 32.1. The van der Waals surface area contributed by atoms with Gasteiger partial charge in [0.25, 0.3) is 5.56 Å². The lowest BCUT2D eigenvalue weighted by Gasteiger charge is -2.23. The fourth-order valence-corrected chi connectivity index (χ4v) is 4.30. The summed E-state index contributed by atoms with van der Waals surface area (Å²) in [5, 5.41) is 2.81. The molecule has 0 aliphatic carbocycles. The van der Waals surface area contributed by atoms with E-state index in [-0.39, 0.29) is 5.56 Å². The Bertz CT molecular complexity index is 856. The zero-order chi connectivity index (χ0) is 15.6. The second-order valence-corrected chi connectivity index (χ2v) is 6.97. The van der Waals surface area contributed by atoms with Gasteiger partial charge in [0.1, 0.15) is 5.82 Å². The molecule has 3 heterocycles. The molecule has 5 heteroatoms. The summed E-state index contributed by atoms with van der Waals surface area (Å²) in [6.45, 7) is 2.06. The first kappa shape index (κ1) is 14.6. The number of H-pyrrole nitrogens is 1. The van der Waals surface area contributed by atoms with E-state index in [0.717, 1.165) is 30.9 Å². The van der Waals surface area contributed by atoms with E-state index in [1.165, 1.54) is 17.7 Å². The fourth-order valence-electron chi connectivity index (χ4n) is 3.40.